The van der Waals surface area contributed by atoms with Gasteiger partial charge in [0.15, 0.2) is 6.10 Å². The minimum atomic E-state index is -0.324. The van der Waals surface area contributed by atoms with E-state index in [1.54, 1.807) is 12.4 Å². The third kappa shape index (κ3) is 4.73. The molecule has 0 saturated carbocycles. The maximum Gasteiger partial charge on any atom is 0.152 e. The van der Waals surface area contributed by atoms with Gasteiger partial charge in [0.05, 0.1) is 0 Å². The molecule has 0 spiro atoms. The molecule has 1 N–H and O–H groups in total. The van der Waals surface area contributed by atoms with Gasteiger partial charge < -0.3 is 10.1 Å². The molecule has 30 heavy (non-hydrogen) atoms. The molecule has 0 fully saturated rings. The summed E-state index contributed by atoms with van der Waals surface area (Å²) >= 11 is 0. The molecule has 0 atom stereocenters. The minimum absolute atomic E-state index is 0.324. The molecule has 4 aromatic rings. The van der Waals surface area contributed by atoms with E-state index < -0.39 is 0 Å². The number of rotatable bonds is 8. The third-order valence-corrected chi connectivity index (χ3v) is 4.78. The van der Waals surface area contributed by atoms with Gasteiger partial charge in [-0.25, -0.2) is 0 Å². The van der Waals surface area contributed by atoms with Crippen molar-refractivity contribution in [1.29, 1.82) is 0 Å². The molecule has 148 valence electrons. The summed E-state index contributed by atoms with van der Waals surface area (Å²) in [5.41, 5.74) is 4.85. The van der Waals surface area contributed by atoms with Gasteiger partial charge in [-0.1, -0.05) is 61.2 Å². The van der Waals surface area contributed by atoms with E-state index in [-0.39, 0.29) is 6.10 Å². The number of hydrogen-bond acceptors (Lipinski definition) is 4. The van der Waals surface area contributed by atoms with Crippen molar-refractivity contribution >= 4 is 5.70 Å². The minimum Gasteiger partial charge on any atom is -0.480 e. The first kappa shape index (κ1) is 19.4. The van der Waals surface area contributed by atoms with Crippen LogP contribution in [0.1, 0.15) is 28.4 Å². The van der Waals surface area contributed by atoms with Crippen LogP contribution in [0, 0.1) is 0 Å². The van der Waals surface area contributed by atoms with Crippen LogP contribution in [0.5, 0.6) is 5.75 Å². The van der Waals surface area contributed by atoms with E-state index in [9.17, 15) is 0 Å². The monoisotopic (exact) mass is 393 g/mol. The van der Waals surface area contributed by atoms with Gasteiger partial charge in [0.1, 0.15) is 5.75 Å². The van der Waals surface area contributed by atoms with E-state index in [1.165, 1.54) is 5.56 Å². The molecule has 0 aliphatic carbocycles. The second-order valence-electron chi connectivity index (χ2n) is 6.88. The molecule has 0 bridgehead atoms. The fraction of sp³-hybridized carbons (Fsp3) is 0.0769. The number of benzene rings is 2. The smallest absolute Gasteiger partial charge is 0.152 e. The van der Waals surface area contributed by atoms with E-state index in [0.717, 1.165) is 28.1 Å². The van der Waals surface area contributed by atoms with Gasteiger partial charge in [0, 0.05) is 53.7 Å². The van der Waals surface area contributed by atoms with Gasteiger partial charge in [-0.05, 0) is 29.8 Å². The molecule has 0 radical (unpaired) electrons. The molecule has 2 heterocycles. The lowest BCUT2D eigenvalue weighted by Gasteiger charge is -2.22. The fourth-order valence-electron chi connectivity index (χ4n) is 3.24. The lowest BCUT2D eigenvalue weighted by atomic mass is 10.0. The number of aromatic nitrogens is 2. The van der Waals surface area contributed by atoms with Crippen molar-refractivity contribution in [2.75, 3.05) is 0 Å². The quantitative estimate of drug-likeness (QED) is 0.435. The second-order valence-corrected chi connectivity index (χ2v) is 6.88. The van der Waals surface area contributed by atoms with Gasteiger partial charge in [-0.2, -0.15) is 0 Å². The summed E-state index contributed by atoms with van der Waals surface area (Å²) in [7, 11) is 0. The molecule has 0 saturated heterocycles. The molecule has 2 aromatic heterocycles. The van der Waals surface area contributed by atoms with E-state index in [1.807, 2.05) is 79.1 Å². The Labute approximate surface area is 176 Å². The number of nitrogens with zero attached hydrogens (tertiary/aromatic N) is 2. The number of ether oxygens (including phenoxy) is 1. The zero-order chi connectivity index (χ0) is 20.6. The van der Waals surface area contributed by atoms with Crippen LogP contribution in [0.4, 0.5) is 0 Å². The summed E-state index contributed by atoms with van der Waals surface area (Å²) in [6.45, 7) is 4.93. The Hall–Kier alpha value is -3.92. The van der Waals surface area contributed by atoms with Crippen molar-refractivity contribution in [3.05, 3.63) is 132 Å². The Morgan fingerprint density at radius 1 is 0.800 bits per heavy atom. The van der Waals surface area contributed by atoms with Crippen molar-refractivity contribution < 1.29 is 4.74 Å². The van der Waals surface area contributed by atoms with Crippen LogP contribution in [0.15, 0.2) is 110 Å². The molecular formula is C26H23N3O. The Kier molecular flexibility index (Phi) is 6.16. The fourth-order valence-corrected chi connectivity index (χ4v) is 3.24. The first-order valence-corrected chi connectivity index (χ1v) is 9.84. The van der Waals surface area contributed by atoms with E-state index in [4.69, 9.17) is 4.74 Å². The summed E-state index contributed by atoms with van der Waals surface area (Å²) in [6, 6.07) is 26.0. The highest BCUT2D eigenvalue weighted by molar-refractivity contribution is 5.67. The Morgan fingerprint density at radius 3 is 2.07 bits per heavy atom. The number of para-hydroxylation sites is 1. The number of nitrogens with one attached hydrogen (secondary N) is 1. The number of hydrogen-bond donors (Lipinski definition) is 1. The predicted molar refractivity (Wildman–Crippen MR) is 120 cm³/mol. The van der Waals surface area contributed by atoms with Crippen LogP contribution >= 0.6 is 0 Å². The van der Waals surface area contributed by atoms with Crippen LogP contribution in [0.2, 0.25) is 0 Å². The highest BCUT2D eigenvalue weighted by Crippen LogP contribution is 2.32. The lowest BCUT2D eigenvalue weighted by Crippen LogP contribution is -2.14. The van der Waals surface area contributed by atoms with E-state index in [2.05, 4.69) is 34.0 Å². The Balaban J connectivity index is 1.59. The van der Waals surface area contributed by atoms with Crippen LogP contribution in [-0.2, 0) is 6.54 Å². The Bertz CT molecular complexity index is 1040. The summed E-state index contributed by atoms with van der Waals surface area (Å²) in [5.74, 6) is 0.751. The van der Waals surface area contributed by atoms with Crippen molar-refractivity contribution in [2.24, 2.45) is 0 Å². The molecule has 0 aliphatic rings. The molecule has 4 heteroatoms. The summed E-state index contributed by atoms with van der Waals surface area (Å²) in [4.78, 5) is 8.53. The van der Waals surface area contributed by atoms with Crippen LogP contribution in [0.25, 0.3) is 5.70 Å². The average Bonchev–Trinajstić information content (AvgIpc) is 2.83. The third-order valence-electron chi connectivity index (χ3n) is 4.78. The summed E-state index contributed by atoms with van der Waals surface area (Å²) < 4.78 is 6.51. The van der Waals surface area contributed by atoms with Crippen molar-refractivity contribution in [3.8, 4) is 5.75 Å². The standard InChI is InChI=1S/C26H23N3O/c1-20(29-17-21-9-3-2-4-10-21)24-13-5-6-14-25(24)30-26(22-11-7-15-27-18-22)23-12-8-16-28-19-23/h2-16,18-19,26,29H,1,17H2. The molecule has 2 aromatic carbocycles. The van der Waals surface area contributed by atoms with E-state index in [0.29, 0.717) is 6.54 Å². The SMILES string of the molecule is C=C(NCc1ccccc1)c1ccccc1OC(c1cccnc1)c1cccnc1. The molecule has 0 unspecified atom stereocenters. The van der Waals surface area contributed by atoms with Gasteiger partial charge in [0.2, 0.25) is 0 Å². The van der Waals surface area contributed by atoms with Crippen molar-refractivity contribution in [3.63, 3.8) is 0 Å². The van der Waals surface area contributed by atoms with Crippen LogP contribution < -0.4 is 10.1 Å². The average molecular weight is 393 g/mol. The van der Waals surface area contributed by atoms with Gasteiger partial charge >= 0.3 is 0 Å². The van der Waals surface area contributed by atoms with Gasteiger partial charge in [-0.15, -0.1) is 0 Å². The maximum atomic E-state index is 6.51. The second kappa shape index (κ2) is 9.52. The molecule has 4 nitrogen and oxygen atoms in total. The van der Waals surface area contributed by atoms with E-state index >= 15 is 0 Å². The Morgan fingerprint density at radius 2 is 1.43 bits per heavy atom. The zero-order valence-corrected chi connectivity index (χ0v) is 16.6. The topological polar surface area (TPSA) is 47.0 Å². The molecule has 0 amide bonds. The van der Waals surface area contributed by atoms with Crippen molar-refractivity contribution in [2.45, 2.75) is 12.6 Å². The first-order valence-electron chi connectivity index (χ1n) is 9.84. The van der Waals surface area contributed by atoms with Crippen LogP contribution in [-0.4, -0.2) is 9.97 Å². The molecular weight excluding hydrogens is 370 g/mol. The highest BCUT2D eigenvalue weighted by atomic mass is 16.5. The first-order chi connectivity index (χ1) is 14.8. The zero-order valence-electron chi connectivity index (χ0n) is 16.6. The number of pyridine rings is 2. The van der Waals surface area contributed by atoms with Crippen LogP contribution in [0.3, 0.4) is 0 Å². The molecule has 0 aliphatic heterocycles. The van der Waals surface area contributed by atoms with Gasteiger partial charge in [-0.3, -0.25) is 9.97 Å². The predicted octanol–water partition coefficient (Wildman–Crippen LogP) is 5.41. The summed E-state index contributed by atoms with van der Waals surface area (Å²) in [5, 5.41) is 3.41. The largest absolute Gasteiger partial charge is 0.480 e. The van der Waals surface area contributed by atoms with Gasteiger partial charge in [0.25, 0.3) is 0 Å². The normalized spacial score (nSPS) is 10.6. The lowest BCUT2D eigenvalue weighted by molar-refractivity contribution is 0.245. The maximum absolute atomic E-state index is 6.51. The van der Waals surface area contributed by atoms with Crippen molar-refractivity contribution in [1.82, 2.24) is 15.3 Å². The highest BCUT2D eigenvalue weighted by Gasteiger charge is 2.19. The summed E-state index contributed by atoms with van der Waals surface area (Å²) in [6.07, 6.45) is 6.83. The molecule has 4 rings (SSSR count).